The second kappa shape index (κ2) is 4.55. The van der Waals surface area contributed by atoms with Gasteiger partial charge in [0.15, 0.2) is 0 Å². The summed E-state index contributed by atoms with van der Waals surface area (Å²) in [6.45, 7) is 5.58. The molecule has 0 aliphatic heterocycles. The van der Waals surface area contributed by atoms with Gasteiger partial charge in [0.25, 0.3) is 0 Å². The summed E-state index contributed by atoms with van der Waals surface area (Å²) in [7, 11) is 0. The van der Waals surface area contributed by atoms with Gasteiger partial charge in [0.1, 0.15) is 0 Å². The molecule has 0 amide bonds. The van der Waals surface area contributed by atoms with Crippen molar-refractivity contribution in [3.8, 4) is 0 Å². The summed E-state index contributed by atoms with van der Waals surface area (Å²) in [4.78, 5) is 0. The van der Waals surface area contributed by atoms with E-state index in [1.54, 1.807) is 0 Å². The Labute approximate surface area is 69.9 Å². The van der Waals surface area contributed by atoms with Gasteiger partial charge in [-0.3, -0.25) is 0 Å². The van der Waals surface area contributed by atoms with E-state index in [1.807, 2.05) is 0 Å². The van der Waals surface area contributed by atoms with Crippen molar-refractivity contribution in [1.82, 2.24) is 5.32 Å². The minimum atomic E-state index is 0.866. The van der Waals surface area contributed by atoms with E-state index < -0.39 is 0 Å². The van der Waals surface area contributed by atoms with Crippen LogP contribution in [0.3, 0.4) is 0 Å². The molecule has 0 aromatic carbocycles. The lowest BCUT2D eigenvalue weighted by Gasteiger charge is -1.99. The van der Waals surface area contributed by atoms with Crippen molar-refractivity contribution in [3.05, 3.63) is 11.6 Å². The largest absolute Gasteiger partial charge is 0.314 e. The standard InChI is InChI=1S/C10H19N/c1-3-9(2)5-4-8-11-10-6-7-10/h5,10-11H,3-4,6-8H2,1-2H3. The molecule has 1 saturated carbocycles. The molecule has 0 spiro atoms. The zero-order chi connectivity index (χ0) is 8.10. The third kappa shape index (κ3) is 4.20. The maximum atomic E-state index is 3.49. The second-order valence-corrected chi connectivity index (χ2v) is 3.42. The molecule has 64 valence electrons. The molecular weight excluding hydrogens is 134 g/mol. The first-order chi connectivity index (χ1) is 5.33. The van der Waals surface area contributed by atoms with Gasteiger partial charge in [-0.15, -0.1) is 0 Å². The third-order valence-electron chi connectivity index (χ3n) is 2.21. The molecule has 1 rings (SSSR count). The lowest BCUT2D eigenvalue weighted by atomic mass is 10.2. The highest BCUT2D eigenvalue weighted by Gasteiger charge is 2.19. The molecule has 0 radical (unpaired) electrons. The molecule has 0 aromatic rings. The minimum absolute atomic E-state index is 0.866. The van der Waals surface area contributed by atoms with Crippen molar-refractivity contribution in [2.24, 2.45) is 0 Å². The van der Waals surface area contributed by atoms with Crippen LogP contribution in [0, 0.1) is 0 Å². The Balaban J connectivity index is 1.93. The van der Waals surface area contributed by atoms with Crippen LogP contribution >= 0.6 is 0 Å². The number of allylic oxidation sites excluding steroid dienone is 1. The smallest absolute Gasteiger partial charge is 0.00683 e. The third-order valence-corrected chi connectivity index (χ3v) is 2.21. The Bertz CT molecular complexity index is 134. The van der Waals surface area contributed by atoms with Gasteiger partial charge >= 0.3 is 0 Å². The van der Waals surface area contributed by atoms with E-state index >= 15 is 0 Å². The van der Waals surface area contributed by atoms with Crippen molar-refractivity contribution < 1.29 is 0 Å². The topological polar surface area (TPSA) is 12.0 Å². The number of hydrogen-bond donors (Lipinski definition) is 1. The molecule has 0 aromatic heterocycles. The van der Waals surface area contributed by atoms with Gasteiger partial charge < -0.3 is 5.32 Å². The molecule has 1 aliphatic rings. The van der Waals surface area contributed by atoms with Crippen LogP contribution in [0.1, 0.15) is 39.5 Å². The van der Waals surface area contributed by atoms with E-state index in [0.29, 0.717) is 0 Å². The Kier molecular flexibility index (Phi) is 3.64. The highest BCUT2D eigenvalue weighted by molar-refractivity contribution is 4.97. The Morgan fingerprint density at radius 1 is 1.55 bits per heavy atom. The molecule has 0 saturated heterocycles. The van der Waals surface area contributed by atoms with E-state index in [-0.39, 0.29) is 0 Å². The van der Waals surface area contributed by atoms with Crippen molar-refractivity contribution >= 4 is 0 Å². The second-order valence-electron chi connectivity index (χ2n) is 3.42. The highest BCUT2D eigenvalue weighted by Crippen LogP contribution is 2.18. The quantitative estimate of drug-likeness (QED) is 0.472. The normalized spacial score (nSPS) is 18.9. The number of rotatable bonds is 5. The summed E-state index contributed by atoms with van der Waals surface area (Å²) in [5.41, 5.74) is 1.52. The molecule has 1 N–H and O–H groups in total. The van der Waals surface area contributed by atoms with Crippen LogP contribution < -0.4 is 5.32 Å². The predicted molar refractivity (Wildman–Crippen MR) is 49.7 cm³/mol. The van der Waals surface area contributed by atoms with Crippen LogP contribution in [-0.2, 0) is 0 Å². The van der Waals surface area contributed by atoms with Crippen molar-refractivity contribution in [2.75, 3.05) is 6.54 Å². The molecule has 0 bridgehead atoms. The Morgan fingerprint density at radius 3 is 2.82 bits per heavy atom. The summed E-state index contributed by atoms with van der Waals surface area (Å²) >= 11 is 0. The fourth-order valence-electron chi connectivity index (χ4n) is 1.04. The van der Waals surface area contributed by atoms with Gasteiger partial charge in [0, 0.05) is 6.04 Å². The maximum Gasteiger partial charge on any atom is 0.00683 e. The van der Waals surface area contributed by atoms with E-state index in [1.165, 1.54) is 37.8 Å². The van der Waals surface area contributed by atoms with E-state index in [4.69, 9.17) is 0 Å². The average molecular weight is 153 g/mol. The molecule has 0 heterocycles. The molecule has 0 atom stereocenters. The lowest BCUT2D eigenvalue weighted by molar-refractivity contribution is 0.688. The summed E-state index contributed by atoms with van der Waals surface area (Å²) < 4.78 is 0. The summed E-state index contributed by atoms with van der Waals surface area (Å²) in [5.74, 6) is 0. The molecule has 1 aliphatic carbocycles. The van der Waals surface area contributed by atoms with Crippen molar-refractivity contribution in [1.29, 1.82) is 0 Å². The lowest BCUT2D eigenvalue weighted by Crippen LogP contribution is -2.16. The van der Waals surface area contributed by atoms with Gasteiger partial charge in [-0.05, 0) is 39.2 Å². The maximum absolute atomic E-state index is 3.49. The fourth-order valence-corrected chi connectivity index (χ4v) is 1.04. The van der Waals surface area contributed by atoms with Crippen LogP contribution in [0.4, 0.5) is 0 Å². The molecular formula is C10H19N. The SMILES string of the molecule is CCC(C)=CCCNC1CC1. The zero-order valence-electron chi connectivity index (χ0n) is 7.69. The molecule has 0 unspecified atom stereocenters. The van der Waals surface area contributed by atoms with Crippen LogP contribution in [0.25, 0.3) is 0 Å². The number of hydrogen-bond acceptors (Lipinski definition) is 1. The summed E-state index contributed by atoms with van der Waals surface area (Å²) in [6.07, 6.45) is 7.54. The Morgan fingerprint density at radius 2 is 2.27 bits per heavy atom. The first-order valence-corrected chi connectivity index (χ1v) is 4.72. The van der Waals surface area contributed by atoms with Crippen molar-refractivity contribution in [3.63, 3.8) is 0 Å². The predicted octanol–water partition coefficient (Wildman–Crippen LogP) is 2.48. The van der Waals surface area contributed by atoms with Gasteiger partial charge in [-0.2, -0.15) is 0 Å². The first kappa shape index (κ1) is 8.79. The van der Waals surface area contributed by atoms with Crippen LogP contribution in [0.5, 0.6) is 0 Å². The monoisotopic (exact) mass is 153 g/mol. The zero-order valence-corrected chi connectivity index (χ0v) is 7.69. The highest BCUT2D eigenvalue weighted by atomic mass is 14.9. The van der Waals surface area contributed by atoms with Crippen LogP contribution in [-0.4, -0.2) is 12.6 Å². The molecule has 1 nitrogen and oxygen atoms in total. The summed E-state index contributed by atoms with van der Waals surface area (Å²) in [5, 5.41) is 3.49. The van der Waals surface area contributed by atoms with Crippen molar-refractivity contribution in [2.45, 2.75) is 45.6 Å². The molecule has 1 fully saturated rings. The van der Waals surface area contributed by atoms with Gasteiger partial charge in [0.05, 0.1) is 0 Å². The first-order valence-electron chi connectivity index (χ1n) is 4.72. The van der Waals surface area contributed by atoms with Crippen LogP contribution in [0.2, 0.25) is 0 Å². The molecule has 1 heteroatoms. The molecule has 11 heavy (non-hydrogen) atoms. The summed E-state index contributed by atoms with van der Waals surface area (Å²) in [6, 6.07) is 0.866. The van der Waals surface area contributed by atoms with E-state index in [9.17, 15) is 0 Å². The van der Waals surface area contributed by atoms with E-state index in [2.05, 4.69) is 25.2 Å². The van der Waals surface area contributed by atoms with Gasteiger partial charge in [-0.25, -0.2) is 0 Å². The van der Waals surface area contributed by atoms with Gasteiger partial charge in [-0.1, -0.05) is 18.6 Å². The Hall–Kier alpha value is -0.300. The minimum Gasteiger partial charge on any atom is -0.314 e. The number of nitrogens with one attached hydrogen (secondary N) is 1. The fraction of sp³-hybridized carbons (Fsp3) is 0.800. The van der Waals surface area contributed by atoms with Gasteiger partial charge in [0.2, 0.25) is 0 Å². The van der Waals surface area contributed by atoms with Crippen LogP contribution in [0.15, 0.2) is 11.6 Å². The van der Waals surface area contributed by atoms with E-state index in [0.717, 1.165) is 6.04 Å². The average Bonchev–Trinajstić information content (AvgIpc) is 2.81.